The number of carboxylic acids is 2. The van der Waals surface area contributed by atoms with Gasteiger partial charge in [-0.25, -0.2) is 9.67 Å². The highest BCUT2D eigenvalue weighted by Gasteiger charge is 2.57. The van der Waals surface area contributed by atoms with Gasteiger partial charge in [0.1, 0.15) is 28.6 Å². The van der Waals surface area contributed by atoms with E-state index in [9.17, 15) is 24.3 Å². The molecular formula is C23H27N9O7S3. The second-order valence-corrected chi connectivity index (χ2v) is 12.8. The number of β-lactam (4-membered cyclic amide) rings is 1. The minimum atomic E-state index is -1.31. The van der Waals surface area contributed by atoms with Crippen molar-refractivity contribution in [2.75, 3.05) is 23.8 Å². The summed E-state index contributed by atoms with van der Waals surface area (Å²) in [5.41, 5.74) is 4.57. The zero-order valence-electron chi connectivity index (χ0n) is 22.0. The number of tetrazole rings is 1. The van der Waals surface area contributed by atoms with Crippen LogP contribution in [0.2, 0.25) is 0 Å². The molecule has 19 heteroatoms. The van der Waals surface area contributed by atoms with E-state index in [1.807, 2.05) is 12.2 Å². The van der Waals surface area contributed by atoms with Crippen molar-refractivity contribution in [2.24, 2.45) is 10.6 Å². The number of aryl methyl sites for hydroxylation is 1. The van der Waals surface area contributed by atoms with E-state index in [-0.39, 0.29) is 58.8 Å². The van der Waals surface area contributed by atoms with Crippen molar-refractivity contribution in [2.45, 2.75) is 54.9 Å². The van der Waals surface area contributed by atoms with Crippen LogP contribution in [0.3, 0.4) is 0 Å². The number of nitrogens with one attached hydrogen (secondary N) is 1. The number of aliphatic carboxylic acids is 2. The number of hydrogen-bond donors (Lipinski definition) is 4. The fraction of sp³-hybridized carbons (Fsp3) is 0.522. The van der Waals surface area contributed by atoms with Crippen molar-refractivity contribution < 1.29 is 34.2 Å². The number of rotatable bonds is 12. The Morgan fingerprint density at radius 2 is 2.17 bits per heavy atom. The molecule has 2 aliphatic heterocycles. The van der Waals surface area contributed by atoms with Crippen LogP contribution >= 0.6 is 34.9 Å². The van der Waals surface area contributed by atoms with Crippen molar-refractivity contribution in [1.82, 2.24) is 35.4 Å². The van der Waals surface area contributed by atoms with E-state index in [0.717, 1.165) is 42.4 Å². The molecular weight excluding hydrogens is 611 g/mol. The lowest BCUT2D eigenvalue weighted by Crippen LogP contribution is -2.74. The number of oxime groups is 1. The highest BCUT2D eigenvalue weighted by atomic mass is 32.2. The van der Waals surface area contributed by atoms with Crippen molar-refractivity contribution >= 4 is 69.5 Å². The third-order valence-electron chi connectivity index (χ3n) is 6.87. The summed E-state index contributed by atoms with van der Waals surface area (Å²) in [6, 6.07) is -0.888. The van der Waals surface area contributed by atoms with Crippen molar-refractivity contribution in [3.63, 3.8) is 0 Å². The van der Waals surface area contributed by atoms with Gasteiger partial charge in [0.05, 0.1) is 13.0 Å². The molecule has 5 rings (SSSR count). The number of carboxylic acid groups (broad SMARTS) is 2. The lowest BCUT2D eigenvalue weighted by molar-refractivity contribution is -0.157. The number of hydrogen-bond acceptors (Lipinski definition) is 14. The lowest BCUT2D eigenvalue weighted by atomic mass is 9.89. The van der Waals surface area contributed by atoms with Gasteiger partial charge in [-0.3, -0.25) is 19.2 Å². The number of nitrogens with zero attached hydrogens (tertiary/aromatic N) is 7. The number of carbonyl (C=O) groups excluding carboxylic acids is 2. The molecule has 3 unspecified atom stereocenters. The van der Waals surface area contributed by atoms with Crippen LogP contribution in [-0.2, 0) is 30.6 Å². The molecule has 5 N–H and O–H groups in total. The highest BCUT2D eigenvalue weighted by molar-refractivity contribution is 8.00. The predicted octanol–water partition coefficient (Wildman–Crippen LogP) is 0.279. The first kappa shape index (κ1) is 29.8. The second kappa shape index (κ2) is 12.7. The number of nitrogen functional groups attached to an aromatic ring is 1. The Morgan fingerprint density at radius 1 is 1.33 bits per heavy atom. The van der Waals surface area contributed by atoms with Crippen LogP contribution in [0.25, 0.3) is 0 Å². The molecule has 3 aliphatic rings. The fourth-order valence-corrected chi connectivity index (χ4v) is 7.86. The standard InChI is InChI=1S/C23H27N9O7S3/c24-21-25-13(8-40-21)15(28-39-12-4-2-1-3-5-12)17(35)26-16-18(36)31-9-23(20(37)38,10-41-19(16)31)11-42-22-27-29-30-32(22)7-6-14(33)34/h2,4,8,12,16,19H,1,3,5-7,9-11H2,(H2,24,25)(H,26,35)(H,33,34)(H,37,38)/t12?,16?,19-,23?/m1/s1. The zero-order valence-corrected chi connectivity index (χ0v) is 24.4. The molecule has 16 nitrogen and oxygen atoms in total. The Bertz CT molecular complexity index is 1430. The van der Waals surface area contributed by atoms with Gasteiger partial charge >= 0.3 is 11.9 Å². The number of amides is 2. The van der Waals surface area contributed by atoms with Gasteiger partial charge in [0, 0.05) is 23.4 Å². The molecule has 2 fully saturated rings. The Hall–Kier alpha value is -3.71. The number of nitrogens with two attached hydrogens (primary N) is 1. The molecule has 0 saturated carbocycles. The summed E-state index contributed by atoms with van der Waals surface area (Å²) in [5.74, 6) is -2.97. The molecule has 0 radical (unpaired) electrons. The molecule has 4 heterocycles. The van der Waals surface area contributed by atoms with Crippen LogP contribution < -0.4 is 11.1 Å². The van der Waals surface area contributed by atoms with E-state index in [0.29, 0.717) is 0 Å². The monoisotopic (exact) mass is 637 g/mol. The maximum atomic E-state index is 13.3. The van der Waals surface area contributed by atoms with E-state index in [2.05, 4.69) is 31.0 Å². The smallest absolute Gasteiger partial charge is 0.313 e. The zero-order chi connectivity index (χ0) is 29.9. The summed E-state index contributed by atoms with van der Waals surface area (Å²) < 4.78 is 1.30. The molecule has 2 saturated heterocycles. The molecule has 0 spiro atoms. The van der Waals surface area contributed by atoms with Crippen LogP contribution in [0.4, 0.5) is 5.13 Å². The van der Waals surface area contributed by atoms with Crippen LogP contribution in [0.5, 0.6) is 0 Å². The van der Waals surface area contributed by atoms with Gasteiger partial charge in [-0.15, -0.1) is 28.2 Å². The SMILES string of the molecule is Nc1nc(C(=NOC2C=CCCC2)C(=O)NC2C(=O)N3CC(CSc4nnnn4CCC(=O)O)(C(=O)O)CS[C@H]23)cs1. The molecule has 0 bridgehead atoms. The van der Waals surface area contributed by atoms with E-state index in [1.54, 1.807) is 5.38 Å². The molecule has 1 aliphatic carbocycles. The quantitative estimate of drug-likeness (QED) is 0.0806. The average Bonchev–Trinajstić information content (AvgIpc) is 3.62. The maximum absolute atomic E-state index is 13.3. The summed E-state index contributed by atoms with van der Waals surface area (Å²) in [5, 5.41) is 38.7. The highest BCUT2D eigenvalue weighted by Crippen LogP contribution is 2.44. The van der Waals surface area contributed by atoms with Crippen molar-refractivity contribution in [3.05, 3.63) is 23.2 Å². The minimum absolute atomic E-state index is 0.0364. The van der Waals surface area contributed by atoms with Crippen LogP contribution in [0, 0.1) is 5.41 Å². The maximum Gasteiger partial charge on any atom is 0.313 e. The van der Waals surface area contributed by atoms with Gasteiger partial charge in [0.15, 0.2) is 10.8 Å². The summed E-state index contributed by atoms with van der Waals surface area (Å²) in [6.45, 7) is -0.0374. The van der Waals surface area contributed by atoms with Gasteiger partial charge in [0.2, 0.25) is 11.1 Å². The van der Waals surface area contributed by atoms with E-state index in [1.165, 1.54) is 21.3 Å². The largest absolute Gasteiger partial charge is 0.481 e. The van der Waals surface area contributed by atoms with Crippen molar-refractivity contribution in [1.29, 1.82) is 0 Å². The normalized spacial score (nSPS) is 25.4. The Balaban J connectivity index is 1.24. The molecule has 42 heavy (non-hydrogen) atoms. The summed E-state index contributed by atoms with van der Waals surface area (Å²) in [4.78, 5) is 60.9. The van der Waals surface area contributed by atoms with Gasteiger partial charge < -0.3 is 31.0 Å². The van der Waals surface area contributed by atoms with Crippen LogP contribution in [-0.4, -0.2) is 105 Å². The number of aromatic nitrogens is 5. The van der Waals surface area contributed by atoms with Gasteiger partial charge in [-0.05, 0) is 35.8 Å². The van der Waals surface area contributed by atoms with Crippen LogP contribution in [0.1, 0.15) is 31.4 Å². The molecule has 0 aromatic carbocycles. The van der Waals surface area contributed by atoms with Gasteiger partial charge in [0.25, 0.3) is 5.91 Å². The summed E-state index contributed by atoms with van der Waals surface area (Å²) in [7, 11) is 0. The van der Waals surface area contributed by atoms with E-state index >= 15 is 0 Å². The number of thioether (sulfide) groups is 2. The third kappa shape index (κ3) is 6.36. The average molecular weight is 638 g/mol. The topological polar surface area (TPSA) is 228 Å². The first-order valence-corrected chi connectivity index (χ1v) is 15.8. The molecule has 2 amide bonds. The Morgan fingerprint density at radius 3 is 2.86 bits per heavy atom. The number of anilines is 1. The van der Waals surface area contributed by atoms with E-state index in [4.69, 9.17) is 15.7 Å². The third-order valence-corrected chi connectivity index (χ3v) is 10.4. The van der Waals surface area contributed by atoms with E-state index < -0.39 is 40.6 Å². The number of carbonyl (C=O) groups is 4. The summed E-state index contributed by atoms with van der Waals surface area (Å²) in [6.07, 6.45) is 6.04. The number of thiazole rings is 1. The number of fused-ring (bicyclic) bond motifs is 1. The minimum Gasteiger partial charge on any atom is -0.481 e. The lowest BCUT2D eigenvalue weighted by Gasteiger charge is -2.53. The fourth-order valence-electron chi connectivity index (χ4n) is 4.55. The molecule has 2 aromatic heterocycles. The predicted molar refractivity (Wildman–Crippen MR) is 152 cm³/mol. The number of allylic oxidation sites excluding steroid dienone is 1. The Labute approximate surface area is 251 Å². The van der Waals surface area contributed by atoms with Crippen LogP contribution in [0.15, 0.2) is 27.8 Å². The molecule has 224 valence electrons. The second-order valence-electron chi connectivity index (χ2n) is 9.84. The van der Waals surface area contributed by atoms with Gasteiger partial charge in [-0.2, -0.15) is 0 Å². The molecule has 4 atom stereocenters. The Kier molecular flexibility index (Phi) is 8.97. The summed E-state index contributed by atoms with van der Waals surface area (Å²) >= 11 is 3.47. The first-order valence-electron chi connectivity index (χ1n) is 12.9. The first-order chi connectivity index (χ1) is 20.2. The molecule has 2 aromatic rings. The van der Waals surface area contributed by atoms with Gasteiger partial charge in [-0.1, -0.05) is 23.0 Å². The van der Waals surface area contributed by atoms with Crippen molar-refractivity contribution in [3.8, 4) is 0 Å².